The average Bonchev–Trinajstić information content (AvgIpc) is 2.88. The number of aryl methyl sites for hydroxylation is 1. The Balaban J connectivity index is 1.83. The lowest BCUT2D eigenvalue weighted by Crippen LogP contribution is -2.17. The predicted octanol–water partition coefficient (Wildman–Crippen LogP) is 3.63. The van der Waals surface area contributed by atoms with Gasteiger partial charge in [-0.05, 0) is 24.6 Å². The molecule has 2 aromatic carbocycles. The zero-order valence-corrected chi connectivity index (χ0v) is 12.7. The van der Waals surface area contributed by atoms with E-state index in [0.717, 1.165) is 11.3 Å². The van der Waals surface area contributed by atoms with Gasteiger partial charge in [0.25, 0.3) is 5.91 Å². The van der Waals surface area contributed by atoms with E-state index in [1.807, 2.05) is 37.3 Å². The summed E-state index contributed by atoms with van der Waals surface area (Å²) in [5.41, 5.74) is 1.86. The van der Waals surface area contributed by atoms with Crippen molar-refractivity contribution >= 4 is 11.7 Å². The molecule has 1 N–H and O–H groups in total. The van der Waals surface area contributed by atoms with E-state index >= 15 is 0 Å². The van der Waals surface area contributed by atoms with Crippen LogP contribution in [0.1, 0.15) is 21.6 Å². The van der Waals surface area contributed by atoms with Crippen LogP contribution in [0.3, 0.4) is 0 Å². The van der Waals surface area contributed by atoms with Crippen LogP contribution in [0.2, 0.25) is 0 Å². The maximum Gasteiger partial charge on any atom is 0.259 e. The van der Waals surface area contributed by atoms with E-state index < -0.39 is 11.7 Å². The molecular formula is C18H16FN3O. The summed E-state index contributed by atoms with van der Waals surface area (Å²) in [7, 11) is 0. The smallest absolute Gasteiger partial charge is 0.259 e. The van der Waals surface area contributed by atoms with Gasteiger partial charge in [-0.1, -0.05) is 42.5 Å². The van der Waals surface area contributed by atoms with Gasteiger partial charge < -0.3 is 5.32 Å². The second-order valence-corrected chi connectivity index (χ2v) is 5.25. The SMILES string of the molecule is Cc1cc(NC(=O)c2ccccc2F)n(Cc2ccccc2)n1. The van der Waals surface area contributed by atoms with Gasteiger partial charge in [0.2, 0.25) is 0 Å². The highest BCUT2D eigenvalue weighted by Gasteiger charge is 2.14. The van der Waals surface area contributed by atoms with E-state index in [4.69, 9.17) is 0 Å². The minimum atomic E-state index is -0.546. The number of aromatic nitrogens is 2. The Hall–Kier alpha value is -2.95. The number of benzene rings is 2. The Morgan fingerprint density at radius 2 is 1.83 bits per heavy atom. The third-order valence-electron chi connectivity index (χ3n) is 3.44. The fourth-order valence-corrected chi connectivity index (χ4v) is 2.35. The summed E-state index contributed by atoms with van der Waals surface area (Å²) in [5, 5.41) is 7.11. The summed E-state index contributed by atoms with van der Waals surface area (Å²) < 4.78 is 15.4. The molecule has 0 spiro atoms. The number of nitrogens with zero attached hydrogens (tertiary/aromatic N) is 2. The quantitative estimate of drug-likeness (QED) is 0.800. The normalized spacial score (nSPS) is 10.5. The molecule has 4 nitrogen and oxygen atoms in total. The molecule has 116 valence electrons. The summed E-state index contributed by atoms with van der Waals surface area (Å²) in [6, 6.07) is 17.5. The molecule has 0 fully saturated rings. The summed E-state index contributed by atoms with van der Waals surface area (Å²) in [6.45, 7) is 2.38. The second-order valence-electron chi connectivity index (χ2n) is 5.25. The van der Waals surface area contributed by atoms with Crippen LogP contribution < -0.4 is 5.32 Å². The molecule has 0 radical (unpaired) electrons. The highest BCUT2D eigenvalue weighted by molar-refractivity contribution is 6.04. The van der Waals surface area contributed by atoms with Gasteiger partial charge in [-0.25, -0.2) is 9.07 Å². The van der Waals surface area contributed by atoms with E-state index in [-0.39, 0.29) is 5.56 Å². The molecule has 0 unspecified atom stereocenters. The summed E-state index contributed by atoms with van der Waals surface area (Å²) in [4.78, 5) is 12.3. The molecule has 1 amide bonds. The van der Waals surface area contributed by atoms with Crippen molar-refractivity contribution < 1.29 is 9.18 Å². The van der Waals surface area contributed by atoms with Crippen molar-refractivity contribution in [3.8, 4) is 0 Å². The monoisotopic (exact) mass is 309 g/mol. The summed E-state index contributed by atoms with van der Waals surface area (Å²) in [6.07, 6.45) is 0. The van der Waals surface area contributed by atoms with Crippen LogP contribution in [0.15, 0.2) is 60.7 Å². The van der Waals surface area contributed by atoms with Crippen LogP contribution in [-0.2, 0) is 6.54 Å². The number of hydrogen-bond donors (Lipinski definition) is 1. The van der Waals surface area contributed by atoms with Gasteiger partial charge >= 0.3 is 0 Å². The number of anilines is 1. The van der Waals surface area contributed by atoms with E-state index in [2.05, 4.69) is 10.4 Å². The van der Waals surface area contributed by atoms with Crippen molar-refractivity contribution in [1.82, 2.24) is 9.78 Å². The van der Waals surface area contributed by atoms with Crippen LogP contribution >= 0.6 is 0 Å². The number of amides is 1. The van der Waals surface area contributed by atoms with Gasteiger partial charge in [0.05, 0.1) is 17.8 Å². The molecule has 0 aliphatic rings. The zero-order chi connectivity index (χ0) is 16.2. The van der Waals surface area contributed by atoms with Crippen molar-refractivity contribution in [3.05, 3.63) is 83.3 Å². The van der Waals surface area contributed by atoms with Crippen molar-refractivity contribution in [3.63, 3.8) is 0 Å². The van der Waals surface area contributed by atoms with Crippen molar-refractivity contribution in [2.24, 2.45) is 0 Å². The first-order valence-electron chi connectivity index (χ1n) is 7.28. The maximum absolute atomic E-state index is 13.7. The molecule has 0 atom stereocenters. The fourth-order valence-electron chi connectivity index (χ4n) is 2.35. The fraction of sp³-hybridized carbons (Fsp3) is 0.111. The highest BCUT2D eigenvalue weighted by atomic mass is 19.1. The second kappa shape index (κ2) is 6.44. The van der Waals surface area contributed by atoms with Gasteiger partial charge in [0.1, 0.15) is 11.6 Å². The summed E-state index contributed by atoms with van der Waals surface area (Å²) >= 11 is 0. The molecular weight excluding hydrogens is 293 g/mol. The average molecular weight is 309 g/mol. The molecule has 0 aliphatic carbocycles. The minimum Gasteiger partial charge on any atom is -0.307 e. The van der Waals surface area contributed by atoms with Crippen LogP contribution in [0.25, 0.3) is 0 Å². The van der Waals surface area contributed by atoms with Crippen molar-refractivity contribution in [2.75, 3.05) is 5.32 Å². The number of rotatable bonds is 4. The van der Waals surface area contributed by atoms with Gasteiger partial charge in [-0.2, -0.15) is 5.10 Å². The van der Waals surface area contributed by atoms with Crippen LogP contribution in [0, 0.1) is 12.7 Å². The first-order valence-corrected chi connectivity index (χ1v) is 7.28. The molecule has 5 heteroatoms. The Morgan fingerprint density at radius 1 is 1.13 bits per heavy atom. The number of carbonyl (C=O) groups is 1. The van der Waals surface area contributed by atoms with Crippen molar-refractivity contribution in [1.29, 1.82) is 0 Å². The number of nitrogens with one attached hydrogen (secondary N) is 1. The lowest BCUT2D eigenvalue weighted by molar-refractivity contribution is 0.102. The van der Waals surface area contributed by atoms with Crippen LogP contribution in [-0.4, -0.2) is 15.7 Å². The molecule has 0 saturated carbocycles. The molecule has 1 heterocycles. The standard InChI is InChI=1S/C18H16FN3O/c1-13-11-17(20-18(23)15-9-5-6-10-16(15)19)22(21-13)12-14-7-3-2-4-8-14/h2-11H,12H2,1H3,(H,20,23). The number of carbonyl (C=O) groups excluding carboxylic acids is 1. The van der Waals surface area contributed by atoms with Crippen LogP contribution in [0.5, 0.6) is 0 Å². The number of hydrogen-bond acceptors (Lipinski definition) is 2. The lowest BCUT2D eigenvalue weighted by Gasteiger charge is -2.09. The largest absolute Gasteiger partial charge is 0.307 e. The molecule has 23 heavy (non-hydrogen) atoms. The molecule has 1 aromatic heterocycles. The van der Waals surface area contributed by atoms with Crippen LogP contribution in [0.4, 0.5) is 10.2 Å². The third-order valence-corrected chi connectivity index (χ3v) is 3.44. The maximum atomic E-state index is 13.7. The molecule has 0 saturated heterocycles. The van der Waals surface area contributed by atoms with E-state index in [1.165, 1.54) is 12.1 Å². The lowest BCUT2D eigenvalue weighted by atomic mass is 10.2. The molecule has 0 bridgehead atoms. The minimum absolute atomic E-state index is 0.0117. The number of halogens is 1. The molecule has 3 aromatic rings. The van der Waals surface area contributed by atoms with Gasteiger partial charge in [0.15, 0.2) is 0 Å². The molecule has 3 rings (SSSR count). The first-order chi connectivity index (χ1) is 11.1. The Kier molecular flexibility index (Phi) is 4.19. The van der Waals surface area contributed by atoms with Crippen molar-refractivity contribution in [2.45, 2.75) is 13.5 Å². The Morgan fingerprint density at radius 3 is 2.57 bits per heavy atom. The zero-order valence-electron chi connectivity index (χ0n) is 12.7. The van der Waals surface area contributed by atoms with E-state index in [0.29, 0.717) is 12.4 Å². The first kappa shape index (κ1) is 15.0. The third kappa shape index (κ3) is 3.45. The van der Waals surface area contributed by atoms with Gasteiger partial charge in [-0.3, -0.25) is 4.79 Å². The van der Waals surface area contributed by atoms with E-state index in [1.54, 1.807) is 22.9 Å². The van der Waals surface area contributed by atoms with Gasteiger partial charge in [0, 0.05) is 6.07 Å². The topological polar surface area (TPSA) is 46.9 Å². The highest BCUT2D eigenvalue weighted by Crippen LogP contribution is 2.15. The summed E-state index contributed by atoms with van der Waals surface area (Å²) in [5.74, 6) is -0.493. The van der Waals surface area contributed by atoms with E-state index in [9.17, 15) is 9.18 Å². The van der Waals surface area contributed by atoms with Gasteiger partial charge in [-0.15, -0.1) is 0 Å². The molecule has 0 aliphatic heterocycles. The predicted molar refractivity (Wildman–Crippen MR) is 86.9 cm³/mol. The Labute approximate surface area is 133 Å². The Bertz CT molecular complexity index is 827.